The zero-order valence-electron chi connectivity index (χ0n) is 12.8. The molecule has 0 saturated heterocycles. The van der Waals surface area contributed by atoms with E-state index in [0.717, 1.165) is 36.2 Å². The molecule has 0 atom stereocenters. The van der Waals surface area contributed by atoms with Gasteiger partial charge in [-0.15, -0.1) is 0 Å². The van der Waals surface area contributed by atoms with Crippen LogP contribution in [0, 0.1) is 6.92 Å². The summed E-state index contributed by atoms with van der Waals surface area (Å²) in [6.07, 6.45) is 6.70. The molecule has 0 fully saturated rings. The van der Waals surface area contributed by atoms with Crippen LogP contribution in [0.3, 0.4) is 0 Å². The predicted molar refractivity (Wildman–Crippen MR) is 89.2 cm³/mol. The van der Waals surface area contributed by atoms with Gasteiger partial charge in [-0.25, -0.2) is 13.4 Å². The first-order valence-corrected chi connectivity index (χ1v) is 9.10. The van der Waals surface area contributed by atoms with E-state index in [2.05, 4.69) is 9.71 Å². The molecule has 0 aliphatic heterocycles. The number of aromatic nitrogens is 2. The molecule has 2 heterocycles. The van der Waals surface area contributed by atoms with Crippen LogP contribution in [0.25, 0.3) is 5.65 Å². The van der Waals surface area contributed by atoms with Gasteiger partial charge < -0.3 is 4.40 Å². The van der Waals surface area contributed by atoms with Crippen LogP contribution in [0.1, 0.15) is 23.2 Å². The smallest absolute Gasteiger partial charge is 0.261 e. The number of fused-ring (bicyclic) bond motifs is 2. The number of hydrogen-bond acceptors (Lipinski definition) is 3. The Morgan fingerprint density at radius 2 is 1.91 bits per heavy atom. The van der Waals surface area contributed by atoms with Crippen LogP contribution < -0.4 is 4.72 Å². The summed E-state index contributed by atoms with van der Waals surface area (Å²) >= 11 is 0. The summed E-state index contributed by atoms with van der Waals surface area (Å²) in [5.41, 5.74) is 4.62. The van der Waals surface area contributed by atoms with Crippen molar-refractivity contribution >= 4 is 21.4 Å². The Labute approximate surface area is 135 Å². The Balaban J connectivity index is 1.67. The molecule has 0 spiro atoms. The fourth-order valence-electron chi connectivity index (χ4n) is 3.11. The lowest BCUT2D eigenvalue weighted by Gasteiger charge is -2.10. The van der Waals surface area contributed by atoms with E-state index in [1.54, 1.807) is 30.5 Å². The maximum atomic E-state index is 12.6. The average molecular weight is 327 g/mol. The second kappa shape index (κ2) is 5.09. The molecule has 2 aromatic heterocycles. The lowest BCUT2D eigenvalue weighted by atomic mass is 10.1. The van der Waals surface area contributed by atoms with Crippen molar-refractivity contribution in [1.29, 1.82) is 0 Å². The third kappa shape index (κ3) is 2.59. The van der Waals surface area contributed by atoms with E-state index >= 15 is 0 Å². The van der Waals surface area contributed by atoms with Gasteiger partial charge in [0.05, 0.1) is 16.3 Å². The number of anilines is 1. The predicted octanol–water partition coefficient (Wildman–Crippen LogP) is 2.93. The van der Waals surface area contributed by atoms with Crippen molar-refractivity contribution in [3.63, 3.8) is 0 Å². The van der Waals surface area contributed by atoms with Gasteiger partial charge in [0.2, 0.25) is 0 Å². The summed E-state index contributed by atoms with van der Waals surface area (Å²) in [6.45, 7) is 1.90. The first-order chi connectivity index (χ1) is 11.0. The van der Waals surface area contributed by atoms with E-state index in [1.165, 1.54) is 5.56 Å². The molecule has 1 aliphatic carbocycles. The Hall–Kier alpha value is -2.34. The molecule has 23 heavy (non-hydrogen) atoms. The molecule has 6 heteroatoms. The van der Waals surface area contributed by atoms with Crippen molar-refractivity contribution in [3.05, 3.63) is 59.5 Å². The van der Waals surface area contributed by atoms with Gasteiger partial charge in [0.25, 0.3) is 10.0 Å². The van der Waals surface area contributed by atoms with Crippen molar-refractivity contribution in [2.45, 2.75) is 31.1 Å². The number of nitrogens with zero attached hydrogens (tertiary/aromatic N) is 2. The summed E-state index contributed by atoms with van der Waals surface area (Å²) in [4.78, 5) is 4.65. The molecule has 0 radical (unpaired) electrons. The van der Waals surface area contributed by atoms with Gasteiger partial charge in [-0.05, 0) is 61.6 Å². The van der Waals surface area contributed by atoms with Crippen LogP contribution in [-0.2, 0) is 22.9 Å². The molecular weight excluding hydrogens is 310 g/mol. The highest BCUT2D eigenvalue weighted by Crippen LogP contribution is 2.26. The number of benzene rings is 1. The minimum absolute atomic E-state index is 0.319. The van der Waals surface area contributed by atoms with E-state index in [0.29, 0.717) is 10.6 Å². The van der Waals surface area contributed by atoms with Crippen molar-refractivity contribution < 1.29 is 8.42 Å². The van der Waals surface area contributed by atoms with Gasteiger partial charge in [0, 0.05) is 12.4 Å². The second-order valence-electron chi connectivity index (χ2n) is 5.96. The van der Waals surface area contributed by atoms with Crippen LogP contribution >= 0.6 is 0 Å². The number of imidazole rings is 1. The molecule has 0 saturated carbocycles. The molecule has 1 N–H and O–H groups in total. The Morgan fingerprint density at radius 3 is 2.78 bits per heavy atom. The first-order valence-electron chi connectivity index (χ1n) is 7.61. The monoisotopic (exact) mass is 327 g/mol. The maximum absolute atomic E-state index is 12.6. The maximum Gasteiger partial charge on any atom is 0.261 e. The zero-order valence-corrected chi connectivity index (χ0v) is 13.6. The van der Waals surface area contributed by atoms with Gasteiger partial charge in [-0.2, -0.15) is 0 Å². The standard InChI is InChI=1S/C17H17N3O2S/c1-12-10-20-11-15(6-8-17(20)18-12)19-23(21,22)16-7-5-13-3-2-4-14(13)9-16/h5-11,19H,2-4H2,1H3. The summed E-state index contributed by atoms with van der Waals surface area (Å²) in [6, 6.07) is 8.94. The number of sulfonamides is 1. The molecule has 5 nitrogen and oxygen atoms in total. The summed E-state index contributed by atoms with van der Waals surface area (Å²) in [5, 5.41) is 0. The molecule has 1 aromatic carbocycles. The van der Waals surface area contributed by atoms with E-state index in [1.807, 2.05) is 23.6 Å². The lowest BCUT2D eigenvalue weighted by molar-refractivity contribution is 0.601. The lowest BCUT2D eigenvalue weighted by Crippen LogP contribution is -2.13. The fourth-order valence-corrected chi connectivity index (χ4v) is 4.20. The molecule has 3 aromatic rings. The highest BCUT2D eigenvalue weighted by Gasteiger charge is 2.18. The second-order valence-corrected chi connectivity index (χ2v) is 7.64. The SMILES string of the molecule is Cc1cn2cc(NS(=O)(=O)c3ccc4c(c3)CCC4)ccc2n1. The van der Waals surface area contributed by atoms with Crippen molar-refractivity contribution in [2.24, 2.45) is 0 Å². The van der Waals surface area contributed by atoms with E-state index < -0.39 is 10.0 Å². The molecule has 0 unspecified atom stereocenters. The normalized spacial score (nSPS) is 14.1. The first kappa shape index (κ1) is 14.3. The van der Waals surface area contributed by atoms with Crippen molar-refractivity contribution in [1.82, 2.24) is 9.38 Å². The number of rotatable bonds is 3. The number of aryl methyl sites for hydroxylation is 3. The average Bonchev–Trinajstić information content (AvgIpc) is 3.10. The van der Waals surface area contributed by atoms with Gasteiger partial charge in [0.15, 0.2) is 0 Å². The minimum Gasteiger partial charge on any atom is -0.305 e. The Morgan fingerprint density at radius 1 is 1.09 bits per heavy atom. The van der Waals surface area contributed by atoms with Crippen molar-refractivity contribution in [2.75, 3.05) is 4.72 Å². The summed E-state index contributed by atoms with van der Waals surface area (Å²) in [5.74, 6) is 0. The molecule has 1 aliphatic rings. The number of nitrogens with one attached hydrogen (secondary N) is 1. The topological polar surface area (TPSA) is 63.5 Å². The highest BCUT2D eigenvalue weighted by molar-refractivity contribution is 7.92. The van der Waals surface area contributed by atoms with E-state index in [9.17, 15) is 8.42 Å². The Bertz CT molecular complexity index is 1010. The summed E-state index contributed by atoms with van der Waals surface area (Å²) < 4.78 is 29.7. The number of pyridine rings is 1. The minimum atomic E-state index is -3.58. The van der Waals surface area contributed by atoms with Gasteiger partial charge >= 0.3 is 0 Å². The van der Waals surface area contributed by atoms with Crippen molar-refractivity contribution in [3.8, 4) is 0 Å². The largest absolute Gasteiger partial charge is 0.305 e. The third-order valence-corrected chi connectivity index (χ3v) is 5.58. The van der Waals surface area contributed by atoms with Crippen LogP contribution in [0.15, 0.2) is 47.6 Å². The van der Waals surface area contributed by atoms with Gasteiger partial charge in [-0.1, -0.05) is 6.07 Å². The zero-order chi connectivity index (χ0) is 16.0. The highest BCUT2D eigenvalue weighted by atomic mass is 32.2. The fraction of sp³-hybridized carbons (Fsp3) is 0.235. The van der Waals surface area contributed by atoms with Crippen LogP contribution in [-0.4, -0.2) is 17.8 Å². The van der Waals surface area contributed by atoms with E-state index in [-0.39, 0.29) is 0 Å². The number of hydrogen-bond donors (Lipinski definition) is 1. The van der Waals surface area contributed by atoms with E-state index in [4.69, 9.17) is 0 Å². The third-order valence-electron chi connectivity index (χ3n) is 4.20. The van der Waals surface area contributed by atoms with Crippen LogP contribution in [0.4, 0.5) is 5.69 Å². The van der Waals surface area contributed by atoms with Crippen LogP contribution in [0.2, 0.25) is 0 Å². The molecule has 118 valence electrons. The van der Waals surface area contributed by atoms with Crippen LogP contribution in [0.5, 0.6) is 0 Å². The quantitative estimate of drug-likeness (QED) is 0.804. The molecular formula is C17H17N3O2S. The Kier molecular flexibility index (Phi) is 3.16. The molecule has 4 rings (SSSR count). The molecule has 0 bridgehead atoms. The van der Waals surface area contributed by atoms with Gasteiger partial charge in [0.1, 0.15) is 5.65 Å². The summed E-state index contributed by atoms with van der Waals surface area (Å²) in [7, 11) is -3.58. The van der Waals surface area contributed by atoms with Gasteiger partial charge in [-0.3, -0.25) is 4.72 Å². The molecule has 0 amide bonds.